The minimum Gasteiger partial charge on any atom is -0.372 e. The Morgan fingerprint density at radius 2 is 2.17 bits per heavy atom. The predicted octanol–water partition coefficient (Wildman–Crippen LogP) is 2.81. The molecule has 1 saturated heterocycles. The van der Waals surface area contributed by atoms with Crippen LogP contribution in [0.5, 0.6) is 0 Å². The van der Waals surface area contributed by atoms with Crippen molar-refractivity contribution in [3.63, 3.8) is 0 Å². The molecule has 122 valence electrons. The van der Waals surface area contributed by atoms with Crippen LogP contribution in [0.3, 0.4) is 0 Å². The molecule has 0 amide bonds. The quantitative estimate of drug-likeness (QED) is 0.737. The SMILES string of the molecule is C=CCO[C@@H]1CCN(Cc2nccn2C)[C@H]1Cc1ccccc1. The number of likely N-dealkylation sites (tertiary alicyclic amines) is 1. The number of imidazole rings is 1. The molecule has 3 rings (SSSR count). The average molecular weight is 311 g/mol. The van der Waals surface area contributed by atoms with E-state index in [9.17, 15) is 0 Å². The lowest BCUT2D eigenvalue weighted by Crippen LogP contribution is -2.38. The number of hydrogen-bond acceptors (Lipinski definition) is 3. The smallest absolute Gasteiger partial charge is 0.122 e. The van der Waals surface area contributed by atoms with E-state index in [1.54, 1.807) is 0 Å². The number of rotatable bonds is 7. The number of aryl methyl sites for hydroxylation is 1. The summed E-state index contributed by atoms with van der Waals surface area (Å²) in [4.78, 5) is 6.98. The van der Waals surface area contributed by atoms with Crippen LogP contribution in [0.4, 0.5) is 0 Å². The highest BCUT2D eigenvalue weighted by atomic mass is 16.5. The average Bonchev–Trinajstić information content (AvgIpc) is 3.14. The molecule has 1 fully saturated rings. The topological polar surface area (TPSA) is 30.3 Å². The van der Waals surface area contributed by atoms with Gasteiger partial charge in [-0.1, -0.05) is 36.4 Å². The molecule has 2 aromatic rings. The van der Waals surface area contributed by atoms with Crippen LogP contribution >= 0.6 is 0 Å². The van der Waals surface area contributed by atoms with Gasteiger partial charge in [0.15, 0.2) is 0 Å². The van der Waals surface area contributed by atoms with Gasteiger partial charge >= 0.3 is 0 Å². The molecule has 0 aliphatic carbocycles. The van der Waals surface area contributed by atoms with E-state index in [4.69, 9.17) is 4.74 Å². The number of nitrogens with zero attached hydrogens (tertiary/aromatic N) is 3. The normalized spacial score (nSPS) is 21.6. The monoisotopic (exact) mass is 311 g/mol. The highest BCUT2D eigenvalue weighted by Crippen LogP contribution is 2.26. The summed E-state index contributed by atoms with van der Waals surface area (Å²) in [7, 11) is 2.05. The van der Waals surface area contributed by atoms with Crippen molar-refractivity contribution in [2.75, 3.05) is 13.2 Å². The second-order valence-electron chi connectivity index (χ2n) is 6.13. The molecule has 0 bridgehead atoms. The largest absolute Gasteiger partial charge is 0.372 e. The Hall–Kier alpha value is -1.91. The van der Waals surface area contributed by atoms with E-state index in [1.165, 1.54) is 5.56 Å². The molecular formula is C19H25N3O. The molecule has 1 aromatic heterocycles. The van der Waals surface area contributed by atoms with E-state index in [0.717, 1.165) is 31.8 Å². The van der Waals surface area contributed by atoms with Crippen LogP contribution in [0.15, 0.2) is 55.4 Å². The second-order valence-corrected chi connectivity index (χ2v) is 6.13. The van der Waals surface area contributed by atoms with Gasteiger partial charge in [0, 0.05) is 32.0 Å². The summed E-state index contributed by atoms with van der Waals surface area (Å²) < 4.78 is 8.12. The summed E-state index contributed by atoms with van der Waals surface area (Å²) in [6, 6.07) is 11.0. The highest BCUT2D eigenvalue weighted by Gasteiger charge is 2.35. The van der Waals surface area contributed by atoms with E-state index in [0.29, 0.717) is 12.6 Å². The third kappa shape index (κ3) is 3.89. The van der Waals surface area contributed by atoms with Crippen molar-refractivity contribution < 1.29 is 4.74 Å². The molecule has 1 aliphatic heterocycles. The summed E-state index contributed by atoms with van der Waals surface area (Å²) >= 11 is 0. The van der Waals surface area contributed by atoms with Crippen LogP contribution in [-0.4, -0.2) is 39.7 Å². The van der Waals surface area contributed by atoms with Crippen LogP contribution in [0, 0.1) is 0 Å². The fourth-order valence-corrected chi connectivity index (χ4v) is 3.32. The van der Waals surface area contributed by atoms with E-state index in [2.05, 4.69) is 58.4 Å². The molecule has 1 aliphatic rings. The van der Waals surface area contributed by atoms with Gasteiger partial charge in [-0.3, -0.25) is 4.90 Å². The minimum atomic E-state index is 0.258. The summed E-state index contributed by atoms with van der Waals surface area (Å²) in [6.45, 7) is 6.31. The maximum atomic E-state index is 6.03. The zero-order valence-electron chi connectivity index (χ0n) is 13.8. The molecule has 4 heteroatoms. The first-order valence-corrected chi connectivity index (χ1v) is 8.24. The lowest BCUT2D eigenvalue weighted by molar-refractivity contribution is 0.0415. The maximum Gasteiger partial charge on any atom is 0.122 e. The van der Waals surface area contributed by atoms with E-state index in [-0.39, 0.29) is 6.10 Å². The standard InChI is InChI=1S/C19H25N3O/c1-3-13-23-18-9-11-22(15-19-20-10-12-21(19)2)17(18)14-16-7-5-4-6-8-16/h3-8,10,12,17-18H,1,9,11,13-15H2,2H3/t17-,18+/m0/s1. The Kier molecular flexibility index (Phi) is 5.26. The van der Waals surface area contributed by atoms with E-state index >= 15 is 0 Å². The molecule has 2 atom stereocenters. The van der Waals surface area contributed by atoms with Crippen LogP contribution in [0.2, 0.25) is 0 Å². The maximum absolute atomic E-state index is 6.03. The number of aromatic nitrogens is 2. The van der Waals surface area contributed by atoms with Crippen LogP contribution in [0.25, 0.3) is 0 Å². The summed E-state index contributed by atoms with van der Waals surface area (Å²) in [6.07, 6.45) is 8.03. The van der Waals surface area contributed by atoms with Crippen molar-refractivity contribution in [2.24, 2.45) is 7.05 Å². The third-order valence-corrected chi connectivity index (χ3v) is 4.58. The fourth-order valence-electron chi connectivity index (χ4n) is 3.32. The molecule has 0 spiro atoms. The van der Waals surface area contributed by atoms with Gasteiger partial charge in [0.25, 0.3) is 0 Å². The van der Waals surface area contributed by atoms with Crippen molar-refractivity contribution >= 4 is 0 Å². The van der Waals surface area contributed by atoms with Gasteiger partial charge in [-0.15, -0.1) is 6.58 Å². The molecule has 4 nitrogen and oxygen atoms in total. The van der Waals surface area contributed by atoms with Crippen molar-refractivity contribution in [3.05, 3.63) is 66.8 Å². The van der Waals surface area contributed by atoms with Gasteiger partial charge in [0.2, 0.25) is 0 Å². The Bertz CT molecular complexity index is 623. The Morgan fingerprint density at radius 3 is 2.87 bits per heavy atom. The van der Waals surface area contributed by atoms with Crippen LogP contribution in [-0.2, 0) is 24.8 Å². The molecule has 0 N–H and O–H groups in total. The molecule has 0 saturated carbocycles. The third-order valence-electron chi connectivity index (χ3n) is 4.58. The van der Waals surface area contributed by atoms with E-state index in [1.807, 2.05) is 18.5 Å². The first-order valence-electron chi connectivity index (χ1n) is 8.24. The summed E-state index contributed by atoms with van der Waals surface area (Å²) in [5.41, 5.74) is 1.36. The molecular weight excluding hydrogens is 286 g/mol. The number of benzene rings is 1. The van der Waals surface area contributed by atoms with Crippen LogP contribution < -0.4 is 0 Å². The fraction of sp³-hybridized carbons (Fsp3) is 0.421. The minimum absolute atomic E-state index is 0.258. The Balaban J connectivity index is 1.74. The summed E-state index contributed by atoms with van der Waals surface area (Å²) in [5.74, 6) is 1.10. The predicted molar refractivity (Wildman–Crippen MR) is 92.1 cm³/mol. The van der Waals surface area contributed by atoms with Gasteiger partial charge in [0.05, 0.1) is 19.3 Å². The highest BCUT2D eigenvalue weighted by molar-refractivity contribution is 5.17. The van der Waals surface area contributed by atoms with Crippen molar-refractivity contribution in [3.8, 4) is 0 Å². The Morgan fingerprint density at radius 1 is 1.35 bits per heavy atom. The van der Waals surface area contributed by atoms with Gasteiger partial charge < -0.3 is 9.30 Å². The first-order chi connectivity index (χ1) is 11.3. The number of hydrogen-bond donors (Lipinski definition) is 0. The molecule has 1 aromatic carbocycles. The van der Waals surface area contributed by atoms with Crippen molar-refractivity contribution in [2.45, 2.75) is 31.5 Å². The zero-order valence-corrected chi connectivity index (χ0v) is 13.8. The van der Waals surface area contributed by atoms with Crippen molar-refractivity contribution in [1.29, 1.82) is 0 Å². The van der Waals surface area contributed by atoms with Gasteiger partial charge in [0.1, 0.15) is 5.82 Å². The van der Waals surface area contributed by atoms with Gasteiger partial charge in [-0.2, -0.15) is 0 Å². The Labute approximate surface area is 138 Å². The van der Waals surface area contributed by atoms with E-state index < -0.39 is 0 Å². The number of ether oxygens (including phenoxy) is 1. The second kappa shape index (κ2) is 7.57. The first kappa shape index (κ1) is 16.0. The zero-order chi connectivity index (χ0) is 16.1. The van der Waals surface area contributed by atoms with Crippen LogP contribution in [0.1, 0.15) is 17.8 Å². The van der Waals surface area contributed by atoms with Crippen molar-refractivity contribution in [1.82, 2.24) is 14.5 Å². The lowest BCUT2D eigenvalue weighted by atomic mass is 10.0. The lowest BCUT2D eigenvalue weighted by Gasteiger charge is -2.28. The summed E-state index contributed by atoms with van der Waals surface area (Å²) in [5, 5.41) is 0. The molecule has 23 heavy (non-hydrogen) atoms. The molecule has 0 radical (unpaired) electrons. The molecule has 2 heterocycles. The van der Waals surface area contributed by atoms with Gasteiger partial charge in [-0.05, 0) is 18.4 Å². The molecule has 0 unspecified atom stereocenters. The van der Waals surface area contributed by atoms with Gasteiger partial charge in [-0.25, -0.2) is 4.98 Å².